The summed E-state index contributed by atoms with van der Waals surface area (Å²) in [4.78, 5) is 20.2. The topological polar surface area (TPSA) is 62.5 Å². The quantitative estimate of drug-likeness (QED) is 0.809. The number of hydrogen-bond donors (Lipinski definition) is 1. The second-order valence-electron chi connectivity index (χ2n) is 3.83. The van der Waals surface area contributed by atoms with Crippen LogP contribution in [0.2, 0.25) is 0 Å². The Morgan fingerprint density at radius 2 is 2.18 bits per heavy atom. The summed E-state index contributed by atoms with van der Waals surface area (Å²) in [6, 6.07) is 0. The number of anilines is 1. The highest BCUT2D eigenvalue weighted by Gasteiger charge is 2.22. The molecule has 92 valence electrons. The third kappa shape index (κ3) is 3.13. The van der Waals surface area contributed by atoms with E-state index in [0.29, 0.717) is 13.1 Å². The lowest BCUT2D eigenvalue weighted by atomic mass is 10.3. The molecule has 0 unspecified atom stereocenters. The van der Waals surface area contributed by atoms with Gasteiger partial charge < -0.3 is 15.5 Å². The first-order chi connectivity index (χ1) is 8.16. The fourth-order valence-corrected chi connectivity index (χ4v) is 2.60. The zero-order chi connectivity index (χ0) is 12.3. The number of nitrogens with two attached hydrogens (primary N) is 1. The minimum absolute atomic E-state index is 0.0243. The van der Waals surface area contributed by atoms with Crippen LogP contribution in [0.3, 0.4) is 0 Å². The van der Waals surface area contributed by atoms with Crippen molar-refractivity contribution in [2.75, 3.05) is 31.1 Å². The molecule has 7 heteroatoms. The zero-order valence-corrected chi connectivity index (χ0v) is 11.0. The Bertz CT molecular complexity index is 398. The average molecular weight is 270 g/mol. The van der Waals surface area contributed by atoms with Gasteiger partial charge in [0.15, 0.2) is 5.13 Å². The van der Waals surface area contributed by atoms with Gasteiger partial charge in [0, 0.05) is 37.8 Å². The van der Waals surface area contributed by atoms with Gasteiger partial charge in [-0.1, -0.05) is 12.2 Å². The largest absolute Gasteiger partial charge is 0.393 e. The smallest absolute Gasteiger partial charge is 0.229 e. The molecule has 1 amide bonds. The molecule has 1 aromatic heterocycles. The summed E-state index contributed by atoms with van der Waals surface area (Å²) in [5.41, 5.74) is 5.37. The van der Waals surface area contributed by atoms with Crippen molar-refractivity contribution < 1.29 is 4.79 Å². The fourth-order valence-electron chi connectivity index (χ4n) is 1.78. The van der Waals surface area contributed by atoms with Crippen LogP contribution in [0.4, 0.5) is 5.13 Å². The monoisotopic (exact) mass is 270 g/mol. The SMILES string of the molecule is NC(=S)CC(=O)N1CCN(c2nccs2)CC1. The molecule has 17 heavy (non-hydrogen) atoms. The summed E-state index contributed by atoms with van der Waals surface area (Å²) in [7, 11) is 0. The molecule has 0 saturated carbocycles. The molecule has 2 heterocycles. The minimum atomic E-state index is 0.0243. The van der Waals surface area contributed by atoms with Gasteiger partial charge in [0.25, 0.3) is 0 Å². The zero-order valence-electron chi connectivity index (χ0n) is 9.33. The number of carbonyl (C=O) groups excluding carboxylic acids is 1. The van der Waals surface area contributed by atoms with Crippen LogP contribution in [0.5, 0.6) is 0 Å². The number of nitrogens with zero attached hydrogens (tertiary/aromatic N) is 3. The molecule has 0 aliphatic carbocycles. The molecule has 0 spiro atoms. The molecular weight excluding hydrogens is 256 g/mol. The van der Waals surface area contributed by atoms with E-state index in [9.17, 15) is 4.79 Å². The summed E-state index contributed by atoms with van der Waals surface area (Å²) in [5.74, 6) is 0.0243. The van der Waals surface area contributed by atoms with Crippen LogP contribution in [0.1, 0.15) is 6.42 Å². The van der Waals surface area contributed by atoms with Crippen LogP contribution in [-0.4, -0.2) is 47.0 Å². The second kappa shape index (κ2) is 5.42. The van der Waals surface area contributed by atoms with Gasteiger partial charge in [-0.25, -0.2) is 4.98 Å². The van der Waals surface area contributed by atoms with Crippen molar-refractivity contribution in [1.29, 1.82) is 0 Å². The Morgan fingerprint density at radius 3 is 2.71 bits per heavy atom. The van der Waals surface area contributed by atoms with E-state index >= 15 is 0 Å². The highest BCUT2D eigenvalue weighted by molar-refractivity contribution is 7.80. The van der Waals surface area contributed by atoms with Crippen molar-refractivity contribution in [3.63, 3.8) is 0 Å². The van der Waals surface area contributed by atoms with Gasteiger partial charge in [-0.3, -0.25) is 4.79 Å². The van der Waals surface area contributed by atoms with Gasteiger partial charge >= 0.3 is 0 Å². The normalized spacial score (nSPS) is 16.0. The molecule has 5 nitrogen and oxygen atoms in total. The molecule has 1 aliphatic heterocycles. The summed E-state index contributed by atoms with van der Waals surface area (Å²) < 4.78 is 0. The standard InChI is InChI=1S/C10H14N4OS2/c11-8(16)7-9(15)13-2-4-14(5-3-13)10-12-1-6-17-10/h1,6H,2-5,7H2,(H2,11,16). The number of rotatable bonds is 3. The molecule has 0 atom stereocenters. The van der Waals surface area contributed by atoms with Gasteiger partial charge in [-0.15, -0.1) is 11.3 Å². The van der Waals surface area contributed by atoms with Crippen LogP contribution in [0.25, 0.3) is 0 Å². The van der Waals surface area contributed by atoms with E-state index in [1.54, 1.807) is 17.5 Å². The van der Waals surface area contributed by atoms with Crippen molar-refractivity contribution in [2.45, 2.75) is 6.42 Å². The molecule has 0 aromatic carbocycles. The molecule has 1 aliphatic rings. The van der Waals surface area contributed by atoms with Crippen molar-refractivity contribution in [1.82, 2.24) is 9.88 Å². The number of aromatic nitrogens is 1. The first-order valence-electron chi connectivity index (χ1n) is 5.37. The lowest BCUT2D eigenvalue weighted by molar-refractivity contribution is -0.130. The minimum Gasteiger partial charge on any atom is -0.393 e. The van der Waals surface area contributed by atoms with E-state index in [1.165, 1.54) is 0 Å². The maximum atomic E-state index is 11.7. The molecule has 0 bridgehead atoms. The number of thiazole rings is 1. The Hall–Kier alpha value is -1.21. The van der Waals surface area contributed by atoms with E-state index in [0.717, 1.165) is 18.2 Å². The summed E-state index contributed by atoms with van der Waals surface area (Å²) in [6.45, 7) is 3.05. The lowest BCUT2D eigenvalue weighted by Crippen LogP contribution is -2.49. The number of hydrogen-bond acceptors (Lipinski definition) is 5. The molecule has 1 aromatic rings. The molecule has 1 saturated heterocycles. The number of carbonyl (C=O) groups is 1. The van der Waals surface area contributed by atoms with E-state index < -0.39 is 0 Å². The number of amides is 1. The second-order valence-corrected chi connectivity index (χ2v) is 5.22. The Labute approximate surface area is 109 Å². The van der Waals surface area contributed by atoms with Crippen molar-refractivity contribution in [3.8, 4) is 0 Å². The van der Waals surface area contributed by atoms with Crippen LogP contribution < -0.4 is 10.6 Å². The molecule has 0 radical (unpaired) electrons. The third-order valence-electron chi connectivity index (χ3n) is 2.65. The summed E-state index contributed by atoms with van der Waals surface area (Å²) >= 11 is 6.36. The first kappa shape index (κ1) is 12.3. The maximum Gasteiger partial charge on any atom is 0.229 e. The van der Waals surface area contributed by atoms with Crippen LogP contribution in [0.15, 0.2) is 11.6 Å². The van der Waals surface area contributed by atoms with Crippen molar-refractivity contribution in [3.05, 3.63) is 11.6 Å². The Balaban J connectivity index is 1.86. The number of thiocarbonyl (C=S) groups is 1. The highest BCUT2D eigenvalue weighted by atomic mass is 32.1. The van der Waals surface area contributed by atoms with Crippen LogP contribution in [-0.2, 0) is 4.79 Å². The van der Waals surface area contributed by atoms with Crippen molar-refractivity contribution >= 4 is 39.6 Å². The van der Waals surface area contributed by atoms with Crippen LogP contribution >= 0.6 is 23.6 Å². The van der Waals surface area contributed by atoms with E-state index in [4.69, 9.17) is 18.0 Å². The van der Waals surface area contributed by atoms with Crippen LogP contribution in [0, 0.1) is 0 Å². The average Bonchev–Trinajstić information content (AvgIpc) is 2.82. The summed E-state index contributed by atoms with van der Waals surface area (Å²) in [5, 5.41) is 2.98. The van der Waals surface area contributed by atoms with E-state index in [2.05, 4.69) is 9.88 Å². The van der Waals surface area contributed by atoms with Gasteiger partial charge in [0.1, 0.15) is 0 Å². The van der Waals surface area contributed by atoms with Crippen molar-refractivity contribution in [2.24, 2.45) is 5.73 Å². The van der Waals surface area contributed by atoms with Gasteiger partial charge in [-0.2, -0.15) is 0 Å². The molecular formula is C10H14N4OS2. The number of piperazine rings is 1. The Kier molecular flexibility index (Phi) is 3.90. The lowest BCUT2D eigenvalue weighted by Gasteiger charge is -2.34. The first-order valence-corrected chi connectivity index (χ1v) is 6.66. The third-order valence-corrected chi connectivity index (χ3v) is 3.62. The van der Waals surface area contributed by atoms with Gasteiger partial charge in [-0.05, 0) is 0 Å². The fraction of sp³-hybridized carbons (Fsp3) is 0.500. The highest BCUT2D eigenvalue weighted by Crippen LogP contribution is 2.18. The van der Waals surface area contributed by atoms with E-state index in [1.807, 2.05) is 10.3 Å². The summed E-state index contributed by atoms with van der Waals surface area (Å²) in [6.07, 6.45) is 1.97. The molecule has 2 rings (SSSR count). The van der Waals surface area contributed by atoms with E-state index in [-0.39, 0.29) is 17.3 Å². The Morgan fingerprint density at radius 1 is 1.47 bits per heavy atom. The predicted molar refractivity (Wildman–Crippen MR) is 72.3 cm³/mol. The van der Waals surface area contributed by atoms with Gasteiger partial charge in [0.05, 0.1) is 11.4 Å². The maximum absolute atomic E-state index is 11.7. The molecule has 1 fully saturated rings. The molecule has 2 N–H and O–H groups in total. The van der Waals surface area contributed by atoms with Gasteiger partial charge in [0.2, 0.25) is 5.91 Å². The predicted octanol–water partition coefficient (Wildman–Crippen LogP) is 0.468.